The van der Waals surface area contributed by atoms with Crippen LogP contribution in [0.1, 0.15) is 28.8 Å². The highest BCUT2D eigenvalue weighted by molar-refractivity contribution is 6.01. The van der Waals surface area contributed by atoms with Crippen LogP contribution >= 0.6 is 0 Å². The van der Waals surface area contributed by atoms with Crippen LogP contribution in [0, 0.1) is 28.9 Å². The highest BCUT2D eigenvalue weighted by Crippen LogP contribution is 2.36. The summed E-state index contributed by atoms with van der Waals surface area (Å²) in [5.74, 6) is -1.56. The zero-order valence-corrected chi connectivity index (χ0v) is 14.1. The normalized spacial score (nSPS) is 19.0. The molecule has 1 amide bonds. The zero-order valence-electron chi connectivity index (χ0n) is 14.1. The van der Waals surface area contributed by atoms with Gasteiger partial charge < -0.3 is 10.2 Å². The fraction of sp³-hybridized carbons (Fsp3) is 0.300. The summed E-state index contributed by atoms with van der Waals surface area (Å²) in [6.07, 6.45) is 1.75. The topological polar surface area (TPSA) is 56.1 Å². The van der Waals surface area contributed by atoms with E-state index >= 15 is 0 Å². The van der Waals surface area contributed by atoms with E-state index < -0.39 is 11.6 Å². The van der Waals surface area contributed by atoms with Crippen molar-refractivity contribution in [1.82, 2.24) is 5.32 Å². The van der Waals surface area contributed by atoms with Crippen molar-refractivity contribution in [2.24, 2.45) is 5.92 Å². The molecule has 4 rings (SSSR count). The van der Waals surface area contributed by atoms with Gasteiger partial charge in [-0.05, 0) is 42.7 Å². The molecular weight excluding hydrogens is 336 g/mol. The molecule has 2 heterocycles. The number of carbonyl (C=O) groups excluding carboxylic acids is 1. The van der Waals surface area contributed by atoms with Crippen LogP contribution in [-0.4, -0.2) is 19.0 Å². The Kier molecular flexibility index (Phi) is 4.08. The van der Waals surface area contributed by atoms with E-state index in [0.29, 0.717) is 24.2 Å². The number of benzene rings is 2. The van der Waals surface area contributed by atoms with Gasteiger partial charge in [0.05, 0.1) is 12.0 Å². The first-order valence-corrected chi connectivity index (χ1v) is 8.62. The van der Waals surface area contributed by atoms with E-state index in [1.54, 1.807) is 6.07 Å². The van der Waals surface area contributed by atoms with Gasteiger partial charge in [-0.25, -0.2) is 8.78 Å². The summed E-state index contributed by atoms with van der Waals surface area (Å²) in [6, 6.07) is 9.25. The fourth-order valence-electron chi connectivity index (χ4n) is 3.77. The Balaban J connectivity index is 1.84. The van der Waals surface area contributed by atoms with Gasteiger partial charge in [-0.2, -0.15) is 5.26 Å². The molecule has 0 radical (unpaired) electrons. The van der Waals surface area contributed by atoms with Crippen molar-refractivity contribution < 1.29 is 13.6 Å². The summed E-state index contributed by atoms with van der Waals surface area (Å²) in [7, 11) is 0. The lowest BCUT2D eigenvalue weighted by Crippen LogP contribution is -2.35. The average molecular weight is 353 g/mol. The summed E-state index contributed by atoms with van der Waals surface area (Å²) < 4.78 is 27.5. The fourth-order valence-corrected chi connectivity index (χ4v) is 3.77. The van der Waals surface area contributed by atoms with Gasteiger partial charge in [0.1, 0.15) is 11.6 Å². The Morgan fingerprint density at radius 1 is 1.19 bits per heavy atom. The van der Waals surface area contributed by atoms with Crippen LogP contribution in [0.5, 0.6) is 0 Å². The van der Waals surface area contributed by atoms with Crippen LogP contribution in [0.15, 0.2) is 30.3 Å². The highest BCUT2D eigenvalue weighted by Gasteiger charge is 2.28. The Labute approximate surface area is 150 Å². The van der Waals surface area contributed by atoms with Crippen molar-refractivity contribution in [3.8, 4) is 17.2 Å². The minimum atomic E-state index is -0.664. The highest BCUT2D eigenvalue weighted by atomic mass is 19.1. The number of hydrogen-bond acceptors (Lipinski definition) is 3. The largest absolute Gasteiger partial charge is 0.370 e. The second-order valence-electron chi connectivity index (χ2n) is 6.74. The molecule has 6 heteroatoms. The molecule has 26 heavy (non-hydrogen) atoms. The molecule has 1 saturated heterocycles. The monoisotopic (exact) mass is 353 g/mol. The van der Waals surface area contributed by atoms with Gasteiger partial charge in [0.2, 0.25) is 0 Å². The number of nitrogens with one attached hydrogen (secondary N) is 1. The van der Waals surface area contributed by atoms with Crippen LogP contribution in [0.25, 0.3) is 11.1 Å². The Morgan fingerprint density at radius 3 is 2.81 bits per heavy atom. The smallest absolute Gasteiger partial charge is 0.251 e. The standard InChI is InChI=1S/C20H17F2N3O/c21-14-3-4-15(18(22)8-14)13-6-16-17(10-24-20(16)26)19(7-13)25-5-1-2-12(9-23)11-25/h3-4,6-8,12H,1-2,5,10-11H2,(H,24,26). The van der Waals surface area contributed by atoms with Gasteiger partial charge in [-0.3, -0.25) is 4.79 Å². The lowest BCUT2D eigenvalue weighted by Gasteiger charge is -2.33. The molecule has 4 nitrogen and oxygen atoms in total. The Bertz CT molecular complexity index is 935. The number of hydrogen-bond donors (Lipinski definition) is 1. The summed E-state index contributed by atoms with van der Waals surface area (Å²) >= 11 is 0. The maximum atomic E-state index is 14.3. The molecule has 2 aromatic rings. The predicted molar refractivity (Wildman–Crippen MR) is 93.5 cm³/mol. The van der Waals surface area contributed by atoms with Crippen LogP contribution in [0.4, 0.5) is 14.5 Å². The van der Waals surface area contributed by atoms with Gasteiger partial charge in [-0.1, -0.05) is 0 Å². The molecule has 2 aromatic carbocycles. The van der Waals surface area contributed by atoms with Crippen molar-refractivity contribution in [3.63, 3.8) is 0 Å². The second-order valence-corrected chi connectivity index (χ2v) is 6.74. The summed E-state index contributed by atoms with van der Waals surface area (Å²) in [5, 5.41) is 12.1. The van der Waals surface area contributed by atoms with Gasteiger partial charge in [0, 0.05) is 48.1 Å². The van der Waals surface area contributed by atoms with E-state index in [2.05, 4.69) is 16.3 Å². The lowest BCUT2D eigenvalue weighted by atomic mass is 9.94. The molecule has 2 aliphatic rings. The third-order valence-corrected chi connectivity index (χ3v) is 5.08. The number of carbonyl (C=O) groups is 1. The maximum Gasteiger partial charge on any atom is 0.251 e. The quantitative estimate of drug-likeness (QED) is 0.897. The van der Waals surface area contributed by atoms with E-state index in [1.165, 1.54) is 12.1 Å². The first-order valence-electron chi connectivity index (χ1n) is 8.62. The number of halogens is 2. The van der Waals surface area contributed by atoms with Gasteiger partial charge in [0.15, 0.2) is 0 Å². The van der Waals surface area contributed by atoms with Crippen molar-refractivity contribution in [2.75, 3.05) is 18.0 Å². The van der Waals surface area contributed by atoms with Crippen molar-refractivity contribution >= 4 is 11.6 Å². The van der Waals surface area contributed by atoms with E-state index in [0.717, 1.165) is 36.7 Å². The molecule has 1 fully saturated rings. The van der Waals surface area contributed by atoms with E-state index in [4.69, 9.17) is 0 Å². The van der Waals surface area contributed by atoms with Crippen LogP contribution < -0.4 is 10.2 Å². The molecule has 0 spiro atoms. The van der Waals surface area contributed by atoms with Crippen LogP contribution in [-0.2, 0) is 6.54 Å². The molecular formula is C20H17F2N3O. The number of amides is 1. The molecule has 1 N–H and O–H groups in total. The molecule has 0 saturated carbocycles. The Hall–Kier alpha value is -2.94. The van der Waals surface area contributed by atoms with Gasteiger partial charge >= 0.3 is 0 Å². The lowest BCUT2D eigenvalue weighted by molar-refractivity contribution is 0.0966. The SMILES string of the molecule is N#CC1CCCN(c2cc(-c3ccc(F)cc3F)cc3c2CNC3=O)C1. The number of rotatable bonds is 2. The summed E-state index contributed by atoms with van der Waals surface area (Å²) in [4.78, 5) is 14.3. The van der Waals surface area contributed by atoms with E-state index in [9.17, 15) is 18.8 Å². The first-order chi connectivity index (χ1) is 12.6. The van der Waals surface area contributed by atoms with Gasteiger partial charge in [-0.15, -0.1) is 0 Å². The molecule has 0 aliphatic carbocycles. The summed E-state index contributed by atoms with van der Waals surface area (Å²) in [6.45, 7) is 1.80. The number of nitrogens with zero attached hydrogens (tertiary/aromatic N) is 2. The Morgan fingerprint density at radius 2 is 2.04 bits per heavy atom. The zero-order chi connectivity index (χ0) is 18.3. The average Bonchev–Trinajstić information content (AvgIpc) is 3.02. The van der Waals surface area contributed by atoms with E-state index in [-0.39, 0.29) is 17.4 Å². The minimum absolute atomic E-state index is 0.0596. The molecule has 1 atom stereocenters. The first kappa shape index (κ1) is 16.5. The van der Waals surface area contributed by atoms with Crippen molar-refractivity contribution in [1.29, 1.82) is 5.26 Å². The molecule has 1 unspecified atom stereocenters. The van der Waals surface area contributed by atoms with Crippen LogP contribution in [0.2, 0.25) is 0 Å². The maximum absolute atomic E-state index is 14.3. The molecule has 132 valence electrons. The van der Waals surface area contributed by atoms with Crippen LogP contribution in [0.3, 0.4) is 0 Å². The molecule has 2 aliphatic heterocycles. The number of anilines is 1. The second kappa shape index (κ2) is 6.41. The van der Waals surface area contributed by atoms with Gasteiger partial charge in [0.25, 0.3) is 5.91 Å². The van der Waals surface area contributed by atoms with Crippen molar-refractivity contribution in [2.45, 2.75) is 19.4 Å². The minimum Gasteiger partial charge on any atom is -0.370 e. The third-order valence-electron chi connectivity index (χ3n) is 5.08. The third kappa shape index (κ3) is 2.80. The molecule has 0 aromatic heterocycles. The van der Waals surface area contributed by atoms with E-state index in [1.807, 2.05) is 6.07 Å². The number of nitriles is 1. The summed E-state index contributed by atoms with van der Waals surface area (Å²) in [5.41, 5.74) is 3.02. The van der Waals surface area contributed by atoms with Crippen molar-refractivity contribution in [3.05, 3.63) is 53.1 Å². The number of piperidine rings is 1. The predicted octanol–water partition coefficient (Wildman–Crippen LogP) is 3.62. The molecule has 0 bridgehead atoms. The number of fused-ring (bicyclic) bond motifs is 1.